The Labute approximate surface area is 197 Å². The molecule has 2 aromatic carbocycles. The first-order chi connectivity index (χ1) is 16.5. The summed E-state index contributed by atoms with van der Waals surface area (Å²) in [4.78, 5) is 24.0. The van der Waals surface area contributed by atoms with Gasteiger partial charge >= 0.3 is 0 Å². The maximum atomic E-state index is 13.6. The molecule has 5 rings (SSSR count). The third-order valence-electron chi connectivity index (χ3n) is 6.00. The van der Waals surface area contributed by atoms with Gasteiger partial charge in [0.25, 0.3) is 5.91 Å². The highest BCUT2D eigenvalue weighted by Crippen LogP contribution is 2.41. The Morgan fingerprint density at radius 3 is 2.59 bits per heavy atom. The van der Waals surface area contributed by atoms with Gasteiger partial charge in [0.2, 0.25) is 0 Å². The number of hydrogen-bond donors (Lipinski definition) is 0. The Hall–Kier alpha value is -4.26. The number of imidazole rings is 1. The molecule has 0 saturated carbocycles. The average Bonchev–Trinajstić information content (AvgIpc) is 3.40. The highest BCUT2D eigenvalue weighted by molar-refractivity contribution is 6.35. The van der Waals surface area contributed by atoms with E-state index in [1.807, 2.05) is 61.0 Å². The first-order valence-corrected chi connectivity index (χ1v) is 10.9. The second-order valence-corrected chi connectivity index (χ2v) is 8.19. The summed E-state index contributed by atoms with van der Waals surface area (Å²) in [5.74, 6) is 0.790. The van der Waals surface area contributed by atoms with E-state index in [2.05, 4.69) is 9.97 Å². The summed E-state index contributed by atoms with van der Waals surface area (Å²) in [5.41, 5.74) is 4.72. The molecule has 1 atom stereocenters. The number of methoxy groups -OCH3 is 1. The molecule has 4 aromatic rings. The number of hydrogen-bond acceptors (Lipinski definition) is 4. The number of amides is 1. The van der Waals surface area contributed by atoms with Crippen LogP contribution in [0.2, 0.25) is 0 Å². The minimum absolute atomic E-state index is 0.154. The average molecular weight is 455 g/mol. The summed E-state index contributed by atoms with van der Waals surface area (Å²) in [6.45, 7) is 3.84. The largest absolute Gasteiger partial charge is 0.495 e. The van der Waals surface area contributed by atoms with Gasteiger partial charge in [0, 0.05) is 18.0 Å². The van der Waals surface area contributed by atoms with Crippen LogP contribution in [-0.4, -0.2) is 27.6 Å². The SMILES string of the molecule is COc1cc(/C=C2/C(=O)N(C(C)c3ccc(F)cc3)c3ncccc32)ccc1-n1cnc(C)c1. The molecular formula is C27H23FN4O2. The number of aryl methyl sites for hydroxylation is 1. The lowest BCUT2D eigenvalue weighted by Crippen LogP contribution is -2.30. The maximum absolute atomic E-state index is 13.6. The van der Waals surface area contributed by atoms with E-state index in [1.165, 1.54) is 12.1 Å². The normalized spacial score (nSPS) is 15.0. The number of rotatable bonds is 5. The number of carbonyl (C=O) groups is 1. The van der Waals surface area contributed by atoms with Crippen LogP contribution in [0, 0.1) is 12.7 Å². The van der Waals surface area contributed by atoms with Gasteiger partial charge < -0.3 is 9.30 Å². The van der Waals surface area contributed by atoms with Gasteiger partial charge in [0.1, 0.15) is 17.4 Å². The molecule has 0 aliphatic carbocycles. The van der Waals surface area contributed by atoms with Crippen LogP contribution in [0.25, 0.3) is 17.3 Å². The number of aromatic nitrogens is 3. The maximum Gasteiger partial charge on any atom is 0.260 e. The lowest BCUT2D eigenvalue weighted by molar-refractivity contribution is -0.113. The van der Waals surface area contributed by atoms with Crippen molar-refractivity contribution in [3.05, 3.63) is 102 Å². The number of halogens is 1. The van der Waals surface area contributed by atoms with E-state index in [1.54, 1.807) is 36.7 Å². The van der Waals surface area contributed by atoms with Gasteiger partial charge in [-0.2, -0.15) is 0 Å². The van der Waals surface area contributed by atoms with Crippen molar-refractivity contribution < 1.29 is 13.9 Å². The molecule has 1 aliphatic rings. The van der Waals surface area contributed by atoms with Crippen LogP contribution in [0.15, 0.2) is 73.3 Å². The van der Waals surface area contributed by atoms with Crippen LogP contribution in [0.1, 0.15) is 35.3 Å². The molecule has 6 nitrogen and oxygen atoms in total. The zero-order valence-corrected chi connectivity index (χ0v) is 19.1. The Balaban J connectivity index is 1.54. The van der Waals surface area contributed by atoms with Crippen molar-refractivity contribution in [1.82, 2.24) is 14.5 Å². The highest BCUT2D eigenvalue weighted by Gasteiger charge is 2.37. The Kier molecular flexibility index (Phi) is 5.45. The van der Waals surface area contributed by atoms with E-state index in [0.717, 1.165) is 28.1 Å². The summed E-state index contributed by atoms with van der Waals surface area (Å²) in [5, 5.41) is 0. The third-order valence-corrected chi connectivity index (χ3v) is 6.00. The van der Waals surface area contributed by atoms with Crippen LogP contribution in [0.5, 0.6) is 5.75 Å². The number of carbonyl (C=O) groups excluding carboxylic acids is 1. The molecule has 0 radical (unpaired) electrons. The van der Waals surface area contributed by atoms with Crippen molar-refractivity contribution in [2.75, 3.05) is 12.0 Å². The number of anilines is 1. The number of benzene rings is 2. The second kappa shape index (κ2) is 8.59. The van der Waals surface area contributed by atoms with Gasteiger partial charge in [-0.15, -0.1) is 0 Å². The molecule has 1 aliphatic heterocycles. The zero-order chi connectivity index (χ0) is 23.8. The van der Waals surface area contributed by atoms with Gasteiger partial charge in [0.15, 0.2) is 0 Å². The van der Waals surface area contributed by atoms with Gasteiger partial charge in [-0.25, -0.2) is 14.4 Å². The molecule has 0 bridgehead atoms. The summed E-state index contributed by atoms with van der Waals surface area (Å²) in [6, 6.07) is 15.4. The lowest BCUT2D eigenvalue weighted by atomic mass is 10.0. The molecule has 0 fully saturated rings. The first kappa shape index (κ1) is 21.6. The van der Waals surface area contributed by atoms with Crippen molar-refractivity contribution >= 4 is 23.4 Å². The molecule has 7 heteroatoms. The number of pyridine rings is 1. The topological polar surface area (TPSA) is 60.2 Å². The van der Waals surface area contributed by atoms with Crippen LogP contribution >= 0.6 is 0 Å². The molecule has 1 unspecified atom stereocenters. The van der Waals surface area contributed by atoms with Crippen molar-refractivity contribution in [2.24, 2.45) is 0 Å². The van der Waals surface area contributed by atoms with E-state index >= 15 is 0 Å². The first-order valence-electron chi connectivity index (χ1n) is 10.9. The molecule has 2 aromatic heterocycles. The van der Waals surface area contributed by atoms with E-state index in [9.17, 15) is 9.18 Å². The summed E-state index contributed by atoms with van der Waals surface area (Å²) < 4.78 is 21.0. The molecular weight excluding hydrogens is 431 g/mol. The van der Waals surface area contributed by atoms with Gasteiger partial charge in [-0.3, -0.25) is 9.69 Å². The van der Waals surface area contributed by atoms with Gasteiger partial charge in [-0.1, -0.05) is 18.2 Å². The third kappa shape index (κ3) is 3.75. The van der Waals surface area contributed by atoms with Gasteiger partial charge in [-0.05, 0) is 67.4 Å². The molecule has 170 valence electrons. The molecule has 0 N–H and O–H groups in total. The van der Waals surface area contributed by atoms with E-state index in [4.69, 9.17) is 4.74 Å². The predicted molar refractivity (Wildman–Crippen MR) is 129 cm³/mol. The fourth-order valence-corrected chi connectivity index (χ4v) is 4.25. The highest BCUT2D eigenvalue weighted by atomic mass is 19.1. The Morgan fingerprint density at radius 2 is 1.88 bits per heavy atom. The monoisotopic (exact) mass is 454 g/mol. The number of ether oxygens (including phenoxy) is 1. The van der Waals surface area contributed by atoms with E-state index < -0.39 is 0 Å². The Bertz CT molecular complexity index is 1410. The standard InChI is InChI=1S/C27H23FN4O2/c1-17-15-31(16-30-17)24-11-6-19(14-25(24)34-3)13-23-22-5-4-12-29-26(22)32(27(23)33)18(2)20-7-9-21(28)10-8-20/h4-16,18H,1-3H3/b23-13+. The summed E-state index contributed by atoms with van der Waals surface area (Å²) >= 11 is 0. The zero-order valence-electron chi connectivity index (χ0n) is 19.1. The molecule has 0 saturated heterocycles. The molecule has 1 amide bonds. The Morgan fingerprint density at radius 1 is 1.09 bits per heavy atom. The number of nitrogens with zero attached hydrogens (tertiary/aromatic N) is 4. The quantitative estimate of drug-likeness (QED) is 0.380. The minimum atomic E-state index is -0.314. The van der Waals surface area contributed by atoms with Crippen LogP contribution in [0.3, 0.4) is 0 Å². The fourth-order valence-electron chi connectivity index (χ4n) is 4.25. The smallest absolute Gasteiger partial charge is 0.260 e. The molecule has 0 spiro atoms. The van der Waals surface area contributed by atoms with Gasteiger partial charge in [0.05, 0.1) is 36.4 Å². The number of fused-ring (bicyclic) bond motifs is 1. The molecule has 3 heterocycles. The lowest BCUT2D eigenvalue weighted by Gasteiger charge is -2.24. The summed E-state index contributed by atoms with van der Waals surface area (Å²) in [6.07, 6.45) is 7.19. The molecule has 34 heavy (non-hydrogen) atoms. The summed E-state index contributed by atoms with van der Waals surface area (Å²) in [7, 11) is 1.62. The van der Waals surface area contributed by atoms with Crippen LogP contribution in [-0.2, 0) is 4.79 Å². The van der Waals surface area contributed by atoms with Crippen molar-refractivity contribution in [2.45, 2.75) is 19.9 Å². The van der Waals surface area contributed by atoms with E-state index in [0.29, 0.717) is 17.1 Å². The fraction of sp³-hybridized carbons (Fsp3) is 0.148. The van der Waals surface area contributed by atoms with Crippen LogP contribution < -0.4 is 9.64 Å². The van der Waals surface area contributed by atoms with Crippen LogP contribution in [0.4, 0.5) is 10.2 Å². The predicted octanol–water partition coefficient (Wildman–Crippen LogP) is 5.37. The van der Waals surface area contributed by atoms with Crippen molar-refractivity contribution in [1.29, 1.82) is 0 Å². The van der Waals surface area contributed by atoms with Crippen molar-refractivity contribution in [3.8, 4) is 11.4 Å². The minimum Gasteiger partial charge on any atom is -0.495 e. The van der Waals surface area contributed by atoms with E-state index in [-0.39, 0.29) is 17.8 Å². The van der Waals surface area contributed by atoms with Crippen molar-refractivity contribution in [3.63, 3.8) is 0 Å². The second-order valence-electron chi connectivity index (χ2n) is 8.19.